The lowest BCUT2D eigenvalue weighted by atomic mass is 10.1. The third kappa shape index (κ3) is 2.48. The first-order valence-corrected chi connectivity index (χ1v) is 4.48. The summed E-state index contributed by atoms with van der Waals surface area (Å²) in [6.07, 6.45) is 2.74. The maximum Gasteiger partial charge on any atom is 0.306 e. The van der Waals surface area contributed by atoms with Gasteiger partial charge in [-0.1, -0.05) is 0 Å². The lowest BCUT2D eigenvalue weighted by Crippen LogP contribution is -2.16. The summed E-state index contributed by atoms with van der Waals surface area (Å²) in [5, 5.41) is 8.71. The highest BCUT2D eigenvalue weighted by Crippen LogP contribution is 2.28. The molecule has 3 nitrogen and oxygen atoms in total. The molecular formula is C9H16O3. The van der Waals surface area contributed by atoms with E-state index in [1.165, 1.54) is 0 Å². The molecule has 0 aliphatic heterocycles. The summed E-state index contributed by atoms with van der Waals surface area (Å²) in [5.41, 5.74) is 0. The van der Waals surface area contributed by atoms with Crippen LogP contribution in [0.2, 0.25) is 0 Å². The molecule has 1 rings (SSSR count). The highest BCUT2D eigenvalue weighted by Gasteiger charge is 2.30. The highest BCUT2D eigenvalue weighted by atomic mass is 16.5. The number of carbonyl (C=O) groups is 1. The zero-order valence-electron chi connectivity index (χ0n) is 7.62. The van der Waals surface area contributed by atoms with Gasteiger partial charge >= 0.3 is 5.97 Å². The Balaban J connectivity index is 2.30. The molecule has 1 saturated carbocycles. The van der Waals surface area contributed by atoms with Gasteiger partial charge in [-0.05, 0) is 33.1 Å². The topological polar surface area (TPSA) is 46.5 Å². The van der Waals surface area contributed by atoms with Gasteiger partial charge in [0, 0.05) is 0 Å². The van der Waals surface area contributed by atoms with Crippen molar-refractivity contribution in [1.82, 2.24) is 0 Å². The van der Waals surface area contributed by atoms with E-state index in [0.29, 0.717) is 6.42 Å². The van der Waals surface area contributed by atoms with E-state index in [2.05, 4.69) is 0 Å². The van der Waals surface area contributed by atoms with E-state index in [4.69, 9.17) is 9.84 Å². The molecule has 1 fully saturated rings. The first-order valence-electron chi connectivity index (χ1n) is 4.48. The number of rotatable bonds is 3. The summed E-state index contributed by atoms with van der Waals surface area (Å²) < 4.78 is 5.53. The Labute approximate surface area is 72.7 Å². The van der Waals surface area contributed by atoms with E-state index >= 15 is 0 Å². The van der Waals surface area contributed by atoms with Crippen LogP contribution >= 0.6 is 0 Å². The Bertz CT molecular complexity index is 165. The molecule has 70 valence electrons. The Morgan fingerprint density at radius 1 is 1.50 bits per heavy atom. The van der Waals surface area contributed by atoms with Gasteiger partial charge in [0.05, 0.1) is 18.1 Å². The fourth-order valence-corrected chi connectivity index (χ4v) is 1.67. The minimum Gasteiger partial charge on any atom is -0.481 e. The second kappa shape index (κ2) is 3.90. The van der Waals surface area contributed by atoms with Crippen LogP contribution in [0, 0.1) is 5.92 Å². The maximum atomic E-state index is 10.6. The van der Waals surface area contributed by atoms with Crippen molar-refractivity contribution >= 4 is 5.97 Å². The van der Waals surface area contributed by atoms with Gasteiger partial charge in [0.15, 0.2) is 0 Å². The molecule has 2 atom stereocenters. The minimum atomic E-state index is -0.676. The van der Waals surface area contributed by atoms with Crippen LogP contribution in [0.1, 0.15) is 33.1 Å². The van der Waals surface area contributed by atoms with Gasteiger partial charge in [-0.3, -0.25) is 4.79 Å². The lowest BCUT2D eigenvalue weighted by molar-refractivity contribution is -0.141. The van der Waals surface area contributed by atoms with Crippen molar-refractivity contribution in [3.8, 4) is 0 Å². The summed E-state index contributed by atoms with van der Waals surface area (Å²) in [4.78, 5) is 10.6. The highest BCUT2D eigenvalue weighted by molar-refractivity contribution is 5.70. The van der Waals surface area contributed by atoms with Crippen LogP contribution in [0.4, 0.5) is 0 Å². The van der Waals surface area contributed by atoms with Crippen molar-refractivity contribution in [3.05, 3.63) is 0 Å². The molecule has 0 amide bonds. The predicted octanol–water partition coefficient (Wildman–Crippen LogP) is 1.66. The van der Waals surface area contributed by atoms with Crippen molar-refractivity contribution in [2.75, 3.05) is 0 Å². The molecule has 3 heteroatoms. The quantitative estimate of drug-likeness (QED) is 0.704. The SMILES string of the molecule is CC(C)O[C@@H]1CC[C@@H](C(=O)O)C1. The lowest BCUT2D eigenvalue weighted by Gasteiger charge is -2.14. The number of carboxylic acids is 1. The molecule has 1 aliphatic rings. The van der Waals surface area contributed by atoms with Gasteiger partial charge < -0.3 is 9.84 Å². The smallest absolute Gasteiger partial charge is 0.306 e. The molecule has 0 aromatic carbocycles. The van der Waals surface area contributed by atoms with Crippen LogP contribution in [0.5, 0.6) is 0 Å². The van der Waals surface area contributed by atoms with Gasteiger partial charge in [0.1, 0.15) is 0 Å². The van der Waals surface area contributed by atoms with E-state index < -0.39 is 5.97 Å². The molecule has 0 aromatic rings. The summed E-state index contributed by atoms with van der Waals surface area (Å²) in [7, 11) is 0. The third-order valence-corrected chi connectivity index (χ3v) is 2.20. The van der Waals surface area contributed by atoms with Crippen molar-refractivity contribution < 1.29 is 14.6 Å². The van der Waals surface area contributed by atoms with E-state index in [1.807, 2.05) is 13.8 Å². The Morgan fingerprint density at radius 2 is 2.17 bits per heavy atom. The van der Waals surface area contributed by atoms with Crippen LogP contribution in [0.3, 0.4) is 0 Å². The van der Waals surface area contributed by atoms with Crippen molar-refractivity contribution in [1.29, 1.82) is 0 Å². The predicted molar refractivity (Wildman–Crippen MR) is 45.0 cm³/mol. The zero-order chi connectivity index (χ0) is 9.14. The second-order valence-electron chi connectivity index (χ2n) is 3.66. The van der Waals surface area contributed by atoms with Crippen molar-refractivity contribution in [2.24, 2.45) is 5.92 Å². The van der Waals surface area contributed by atoms with Gasteiger partial charge in [-0.15, -0.1) is 0 Å². The number of carboxylic acid groups (broad SMARTS) is 1. The van der Waals surface area contributed by atoms with Gasteiger partial charge in [0.25, 0.3) is 0 Å². The number of ether oxygens (including phenoxy) is 1. The van der Waals surface area contributed by atoms with Gasteiger partial charge in [0.2, 0.25) is 0 Å². The second-order valence-corrected chi connectivity index (χ2v) is 3.66. The molecular weight excluding hydrogens is 156 g/mol. The van der Waals surface area contributed by atoms with Crippen LogP contribution in [0.25, 0.3) is 0 Å². The largest absolute Gasteiger partial charge is 0.481 e. The molecule has 0 bridgehead atoms. The van der Waals surface area contributed by atoms with Crippen molar-refractivity contribution in [2.45, 2.75) is 45.3 Å². The van der Waals surface area contributed by atoms with E-state index in [0.717, 1.165) is 12.8 Å². The van der Waals surface area contributed by atoms with Gasteiger partial charge in [-0.2, -0.15) is 0 Å². The number of hydrogen-bond donors (Lipinski definition) is 1. The molecule has 0 unspecified atom stereocenters. The fourth-order valence-electron chi connectivity index (χ4n) is 1.67. The van der Waals surface area contributed by atoms with E-state index in [9.17, 15) is 4.79 Å². The van der Waals surface area contributed by atoms with E-state index in [-0.39, 0.29) is 18.1 Å². The standard InChI is InChI=1S/C9H16O3/c1-6(2)12-8-4-3-7(5-8)9(10)11/h6-8H,3-5H2,1-2H3,(H,10,11)/t7-,8-/m1/s1. The van der Waals surface area contributed by atoms with Crippen LogP contribution < -0.4 is 0 Å². The van der Waals surface area contributed by atoms with Crippen LogP contribution in [-0.2, 0) is 9.53 Å². The average Bonchev–Trinajstić information content (AvgIpc) is 2.34. The molecule has 1 N–H and O–H groups in total. The van der Waals surface area contributed by atoms with Gasteiger partial charge in [-0.25, -0.2) is 0 Å². The molecule has 12 heavy (non-hydrogen) atoms. The molecule has 0 spiro atoms. The molecule has 0 heterocycles. The monoisotopic (exact) mass is 172 g/mol. The van der Waals surface area contributed by atoms with E-state index in [1.54, 1.807) is 0 Å². The fraction of sp³-hybridized carbons (Fsp3) is 0.889. The first kappa shape index (κ1) is 9.52. The maximum absolute atomic E-state index is 10.6. The van der Waals surface area contributed by atoms with Crippen LogP contribution in [0.15, 0.2) is 0 Å². The average molecular weight is 172 g/mol. The Kier molecular flexibility index (Phi) is 3.09. The summed E-state index contributed by atoms with van der Waals surface area (Å²) in [6.45, 7) is 3.96. The normalized spacial score (nSPS) is 29.6. The number of hydrogen-bond acceptors (Lipinski definition) is 2. The molecule has 0 saturated heterocycles. The summed E-state index contributed by atoms with van der Waals surface area (Å²) in [6, 6.07) is 0. The third-order valence-electron chi connectivity index (χ3n) is 2.20. The molecule has 0 aromatic heterocycles. The van der Waals surface area contributed by atoms with Crippen LogP contribution in [-0.4, -0.2) is 23.3 Å². The zero-order valence-corrected chi connectivity index (χ0v) is 7.62. The number of aliphatic carboxylic acids is 1. The first-order chi connectivity index (χ1) is 5.59. The van der Waals surface area contributed by atoms with Crippen molar-refractivity contribution in [3.63, 3.8) is 0 Å². The minimum absolute atomic E-state index is 0.172. The molecule has 1 aliphatic carbocycles. The summed E-state index contributed by atoms with van der Waals surface area (Å²) >= 11 is 0. The Morgan fingerprint density at radius 3 is 2.58 bits per heavy atom. The Hall–Kier alpha value is -0.570. The molecule has 0 radical (unpaired) electrons. The summed E-state index contributed by atoms with van der Waals surface area (Å²) in [5.74, 6) is -0.849.